The Bertz CT molecular complexity index is 1830. The minimum absolute atomic E-state index is 0.210. The van der Waals surface area contributed by atoms with Crippen LogP contribution in [0.4, 0.5) is 5.69 Å². The molecule has 1 aromatic heterocycles. The number of benzene rings is 2. The number of rotatable bonds is 11. The Hall–Kier alpha value is -5.19. The zero-order valence-corrected chi connectivity index (χ0v) is 27.0. The Balaban J connectivity index is 1.42. The molecular formula is C35H40N4O7. The molecule has 0 saturated heterocycles. The van der Waals surface area contributed by atoms with Gasteiger partial charge in [0.2, 0.25) is 23.0 Å². The number of ether oxygens (including phenoxy) is 4. The molecule has 0 bridgehead atoms. The van der Waals surface area contributed by atoms with Crippen molar-refractivity contribution in [3.05, 3.63) is 75.6 Å². The molecule has 0 spiro atoms. The van der Waals surface area contributed by atoms with Crippen LogP contribution in [-0.4, -0.2) is 57.8 Å². The van der Waals surface area contributed by atoms with E-state index >= 15 is 0 Å². The minimum atomic E-state index is -0.699. The Morgan fingerprint density at radius 2 is 1.76 bits per heavy atom. The van der Waals surface area contributed by atoms with Crippen LogP contribution in [0.2, 0.25) is 0 Å². The second kappa shape index (κ2) is 13.8. The molecule has 2 atom stereocenters. The van der Waals surface area contributed by atoms with E-state index in [-0.39, 0.29) is 22.9 Å². The number of H-pyrrole nitrogens is 1. The molecule has 0 aliphatic heterocycles. The largest absolute Gasteiger partial charge is 0.497 e. The summed E-state index contributed by atoms with van der Waals surface area (Å²) in [5, 5.41) is 10.1. The fraction of sp³-hybridized carbons (Fsp3) is 0.343. The highest BCUT2D eigenvalue weighted by Crippen LogP contribution is 2.50. The first-order chi connectivity index (χ1) is 22.2. The topological polar surface area (TPSA) is 140 Å². The maximum atomic E-state index is 13.6. The van der Waals surface area contributed by atoms with Gasteiger partial charge in [-0.3, -0.25) is 14.4 Å². The van der Waals surface area contributed by atoms with Crippen molar-refractivity contribution < 1.29 is 28.5 Å². The van der Waals surface area contributed by atoms with Gasteiger partial charge in [-0.05, 0) is 84.8 Å². The summed E-state index contributed by atoms with van der Waals surface area (Å²) >= 11 is 0. The Morgan fingerprint density at radius 1 is 0.978 bits per heavy atom. The highest BCUT2D eigenvalue weighted by molar-refractivity contribution is 5.87. The lowest BCUT2D eigenvalue weighted by molar-refractivity contribution is -0.121. The summed E-state index contributed by atoms with van der Waals surface area (Å²) in [7, 11) is 6.28. The number of aromatic nitrogens is 1. The second-order valence-electron chi connectivity index (χ2n) is 11.2. The van der Waals surface area contributed by atoms with Gasteiger partial charge in [0.1, 0.15) is 11.8 Å². The molecular weight excluding hydrogens is 588 g/mol. The molecule has 5 rings (SSSR count). The van der Waals surface area contributed by atoms with E-state index in [2.05, 4.69) is 20.9 Å². The summed E-state index contributed by atoms with van der Waals surface area (Å²) in [6.45, 7) is 3.57. The molecule has 2 amide bonds. The van der Waals surface area contributed by atoms with Crippen LogP contribution >= 0.6 is 0 Å². The molecule has 4 aromatic rings. The summed E-state index contributed by atoms with van der Waals surface area (Å²) in [5.74, 6) is 1.73. The molecule has 4 N–H and O–H groups in total. The molecule has 0 saturated carbocycles. The van der Waals surface area contributed by atoms with Crippen molar-refractivity contribution in [2.75, 3.05) is 40.3 Å². The smallest absolute Gasteiger partial charge is 0.242 e. The summed E-state index contributed by atoms with van der Waals surface area (Å²) in [4.78, 5) is 42.2. The predicted molar refractivity (Wildman–Crippen MR) is 177 cm³/mol. The molecule has 1 aliphatic carbocycles. The monoisotopic (exact) mass is 628 g/mol. The number of fused-ring (bicyclic) bond motifs is 4. The van der Waals surface area contributed by atoms with Crippen LogP contribution in [0.3, 0.4) is 0 Å². The van der Waals surface area contributed by atoms with Crippen LogP contribution in [-0.2, 0) is 22.4 Å². The molecule has 0 unspecified atom stereocenters. The molecule has 11 heteroatoms. The molecule has 1 aliphatic rings. The summed E-state index contributed by atoms with van der Waals surface area (Å²) in [5.41, 5.74) is 5.03. The van der Waals surface area contributed by atoms with Crippen molar-refractivity contribution in [3.8, 4) is 34.1 Å². The van der Waals surface area contributed by atoms with E-state index in [4.69, 9.17) is 18.9 Å². The number of aryl methyl sites for hydroxylation is 1. The van der Waals surface area contributed by atoms with Crippen LogP contribution in [0.5, 0.6) is 23.0 Å². The van der Waals surface area contributed by atoms with Crippen molar-refractivity contribution in [1.82, 2.24) is 15.6 Å². The number of carbonyl (C=O) groups is 2. The number of nitrogens with one attached hydrogen (secondary N) is 4. The van der Waals surface area contributed by atoms with Gasteiger partial charge in [-0.15, -0.1) is 0 Å². The summed E-state index contributed by atoms with van der Waals surface area (Å²) in [6, 6.07) is 11.6. The van der Waals surface area contributed by atoms with Crippen molar-refractivity contribution in [1.29, 1.82) is 0 Å². The maximum absolute atomic E-state index is 13.6. The Kier molecular flexibility index (Phi) is 9.69. The van der Waals surface area contributed by atoms with Gasteiger partial charge in [0.25, 0.3) is 0 Å². The van der Waals surface area contributed by atoms with Crippen molar-refractivity contribution in [2.45, 2.75) is 45.2 Å². The Morgan fingerprint density at radius 3 is 2.46 bits per heavy atom. The molecule has 1 heterocycles. The lowest BCUT2D eigenvalue weighted by Crippen LogP contribution is -2.39. The molecule has 242 valence electrons. The molecule has 11 nitrogen and oxygen atoms in total. The van der Waals surface area contributed by atoms with Crippen LogP contribution in [0, 0.1) is 0 Å². The third-order valence-electron chi connectivity index (χ3n) is 8.35. The zero-order chi connectivity index (χ0) is 33.0. The van der Waals surface area contributed by atoms with Crippen LogP contribution in [0.25, 0.3) is 22.0 Å². The molecule has 46 heavy (non-hydrogen) atoms. The van der Waals surface area contributed by atoms with E-state index in [1.54, 1.807) is 34.3 Å². The average Bonchev–Trinajstić information content (AvgIpc) is 3.31. The van der Waals surface area contributed by atoms with Gasteiger partial charge in [-0.2, -0.15) is 0 Å². The van der Waals surface area contributed by atoms with Gasteiger partial charge >= 0.3 is 0 Å². The number of anilines is 1. The first-order valence-corrected chi connectivity index (χ1v) is 15.1. The number of aromatic amines is 1. The maximum Gasteiger partial charge on any atom is 0.242 e. The van der Waals surface area contributed by atoms with Gasteiger partial charge in [0.15, 0.2) is 11.5 Å². The van der Waals surface area contributed by atoms with Gasteiger partial charge in [-0.25, -0.2) is 0 Å². The fourth-order valence-electron chi connectivity index (χ4n) is 6.09. The predicted octanol–water partition coefficient (Wildman–Crippen LogP) is 4.51. The van der Waals surface area contributed by atoms with Crippen LogP contribution in [0.15, 0.2) is 53.5 Å². The number of methoxy groups -OCH3 is 4. The van der Waals surface area contributed by atoms with E-state index < -0.39 is 12.1 Å². The third kappa shape index (κ3) is 6.44. The normalized spacial score (nSPS) is 14.3. The lowest BCUT2D eigenvalue weighted by Gasteiger charge is -2.19. The third-order valence-corrected chi connectivity index (χ3v) is 8.35. The summed E-state index contributed by atoms with van der Waals surface area (Å²) < 4.78 is 22.4. The number of hydrogen-bond acceptors (Lipinski definition) is 8. The first kappa shape index (κ1) is 32.2. The van der Waals surface area contributed by atoms with Crippen molar-refractivity contribution in [2.24, 2.45) is 0 Å². The summed E-state index contributed by atoms with van der Waals surface area (Å²) in [6.07, 6.45) is 3.69. The molecule has 3 aromatic carbocycles. The van der Waals surface area contributed by atoms with Crippen molar-refractivity contribution in [3.63, 3.8) is 0 Å². The SMILES string of the molecule is COc1ccc2[nH]cc(CCNC(=O)[C@H](C)Nc3ccc4c(cc3=O)[C@H](NC(C)=O)CCc3cc(OC)c(OC)c(OC)c3-4)c2c1. The van der Waals surface area contributed by atoms with E-state index in [1.165, 1.54) is 20.1 Å². The number of carbonyl (C=O) groups excluding carboxylic acids is 2. The fourth-order valence-corrected chi connectivity index (χ4v) is 6.09. The Labute approximate surface area is 267 Å². The van der Waals surface area contributed by atoms with E-state index in [0.29, 0.717) is 54.2 Å². The van der Waals surface area contributed by atoms with Gasteiger partial charge in [0, 0.05) is 36.1 Å². The number of hydrogen-bond donors (Lipinski definition) is 4. The van der Waals surface area contributed by atoms with Crippen molar-refractivity contribution >= 4 is 28.4 Å². The average molecular weight is 629 g/mol. The highest BCUT2D eigenvalue weighted by atomic mass is 16.5. The standard InChI is InChI=1S/C35H40N4O7/c1-19(35(42)36-14-13-22-18-37-27-11-8-23(43-3)16-25(22)27)38-29-12-9-24-26(17-30(29)41)28(39-20(2)40)10-7-21-15-31(44-4)33(45-5)34(46-6)32(21)24/h8-9,11-12,15-19,28,37H,7,10,13-14H2,1-6H3,(H,36,42)(H,38,41)(H,39,40)/t19-,28+/m0/s1. The first-order valence-electron chi connectivity index (χ1n) is 15.1. The van der Waals surface area contributed by atoms with Gasteiger partial charge < -0.3 is 39.9 Å². The van der Waals surface area contributed by atoms with E-state index in [1.807, 2.05) is 36.5 Å². The van der Waals surface area contributed by atoms with Crippen LogP contribution in [0.1, 0.15) is 43.0 Å². The second-order valence-corrected chi connectivity index (χ2v) is 11.2. The van der Waals surface area contributed by atoms with Gasteiger partial charge in [0.05, 0.1) is 40.2 Å². The molecule has 0 radical (unpaired) electrons. The molecule has 0 fully saturated rings. The lowest BCUT2D eigenvalue weighted by atomic mass is 9.95. The number of amides is 2. The zero-order valence-electron chi connectivity index (χ0n) is 27.0. The van der Waals surface area contributed by atoms with E-state index in [0.717, 1.165) is 33.3 Å². The quantitative estimate of drug-likeness (QED) is 0.190. The van der Waals surface area contributed by atoms with Crippen LogP contribution < -0.4 is 40.3 Å². The van der Waals surface area contributed by atoms with Gasteiger partial charge in [-0.1, -0.05) is 6.07 Å². The minimum Gasteiger partial charge on any atom is -0.497 e. The van der Waals surface area contributed by atoms with E-state index in [9.17, 15) is 14.4 Å². The highest BCUT2D eigenvalue weighted by Gasteiger charge is 2.29.